The molecule has 0 saturated carbocycles. The Kier molecular flexibility index (Phi) is 8.13. The smallest absolute Gasteiger partial charge is 0.189 e. The lowest BCUT2D eigenvalue weighted by molar-refractivity contribution is 0.190. The van der Waals surface area contributed by atoms with Crippen molar-refractivity contribution in [2.75, 3.05) is 25.6 Å². The van der Waals surface area contributed by atoms with Crippen LogP contribution in [-0.4, -0.2) is 46.3 Å². The highest BCUT2D eigenvalue weighted by Gasteiger charge is 2.17. The maximum absolute atomic E-state index is 12.6. The predicted octanol–water partition coefficient (Wildman–Crippen LogP) is 5.77. The van der Waals surface area contributed by atoms with Crippen LogP contribution >= 0.6 is 11.8 Å². The van der Waals surface area contributed by atoms with Gasteiger partial charge in [-0.3, -0.25) is 4.39 Å². The number of rotatable bonds is 10. The molecule has 0 spiro atoms. The average molecular weight is 520 g/mol. The molecule has 9 heteroatoms. The zero-order chi connectivity index (χ0) is 25.6. The Labute approximate surface area is 220 Å². The molecule has 2 atom stereocenters. The molecular weight excluding hydrogens is 489 g/mol. The first kappa shape index (κ1) is 25.4. The van der Waals surface area contributed by atoms with Crippen LogP contribution < -0.4 is 11.1 Å². The maximum Gasteiger partial charge on any atom is 0.189 e. The Hall–Kier alpha value is -3.27. The number of nitrogens with one attached hydrogen (secondary N) is 1. The fourth-order valence-electron chi connectivity index (χ4n) is 4.14. The van der Waals surface area contributed by atoms with Crippen LogP contribution in [0.2, 0.25) is 0 Å². The molecule has 4 aromatic rings. The molecule has 0 radical (unpaired) electrons. The monoisotopic (exact) mass is 519 g/mol. The third-order valence-corrected chi connectivity index (χ3v) is 7.50. The zero-order valence-electron chi connectivity index (χ0n) is 20.7. The Morgan fingerprint density at radius 1 is 1.11 bits per heavy atom. The number of benzene rings is 2. The van der Waals surface area contributed by atoms with Crippen LogP contribution in [0.3, 0.4) is 0 Å². The van der Waals surface area contributed by atoms with Crippen molar-refractivity contribution in [1.82, 2.24) is 20.4 Å². The fourth-order valence-corrected chi connectivity index (χ4v) is 5.11. The number of halogens is 1. The van der Waals surface area contributed by atoms with Crippen LogP contribution in [0.1, 0.15) is 25.3 Å². The number of hydrogen-bond donors (Lipinski definition) is 2. The molecule has 2 unspecified atom stereocenters. The summed E-state index contributed by atoms with van der Waals surface area (Å²) in [4.78, 5) is 10.1. The molecule has 1 aliphatic heterocycles. The summed E-state index contributed by atoms with van der Waals surface area (Å²) in [6.07, 6.45) is 3.24. The van der Waals surface area contributed by atoms with Crippen LogP contribution in [0.15, 0.2) is 70.2 Å². The second-order valence-electron chi connectivity index (χ2n) is 9.13. The molecule has 0 amide bonds. The van der Waals surface area contributed by atoms with Gasteiger partial charge in [-0.2, -0.15) is 0 Å². The number of hydrogen-bond acceptors (Lipinski definition) is 8. The quantitative estimate of drug-likeness (QED) is 0.255. The lowest BCUT2D eigenvalue weighted by Crippen LogP contribution is -2.28. The highest BCUT2D eigenvalue weighted by Crippen LogP contribution is 2.31. The van der Waals surface area contributed by atoms with Crippen molar-refractivity contribution in [2.45, 2.75) is 42.5 Å². The van der Waals surface area contributed by atoms with Gasteiger partial charge in [0, 0.05) is 46.5 Å². The van der Waals surface area contributed by atoms with Gasteiger partial charge in [0.2, 0.25) is 0 Å². The van der Waals surface area contributed by atoms with Gasteiger partial charge in [-0.25, -0.2) is 9.97 Å². The standard InChI is InChI=1S/C28H30FN5O2S/c1-18(10-12-29)37-23-8-6-21(7-9-23)25-16-32-28(30)27(33-25)26-14-24(34-36-26)20-4-2-19(3-5-20)15-31-22-11-13-35-17-22/h2-9,14,16,18,22,31H,10-13,15,17H2,1H3,(H2,30,32). The minimum Gasteiger partial charge on any atom is -0.382 e. The van der Waals surface area contributed by atoms with E-state index in [-0.39, 0.29) is 17.7 Å². The molecule has 2 aromatic heterocycles. The molecular formula is C28H30FN5O2S. The molecule has 5 rings (SSSR count). The number of ether oxygens (including phenoxy) is 1. The van der Waals surface area contributed by atoms with E-state index in [1.807, 2.05) is 49.4 Å². The van der Waals surface area contributed by atoms with Gasteiger partial charge >= 0.3 is 0 Å². The Balaban J connectivity index is 1.29. The normalized spacial score (nSPS) is 16.2. The van der Waals surface area contributed by atoms with Gasteiger partial charge in [0.1, 0.15) is 5.69 Å². The first-order valence-corrected chi connectivity index (χ1v) is 13.3. The van der Waals surface area contributed by atoms with Gasteiger partial charge in [0.05, 0.1) is 25.2 Å². The molecule has 1 aliphatic rings. The van der Waals surface area contributed by atoms with Crippen molar-refractivity contribution in [1.29, 1.82) is 0 Å². The summed E-state index contributed by atoms with van der Waals surface area (Å²) in [7, 11) is 0. The molecule has 7 nitrogen and oxygen atoms in total. The van der Waals surface area contributed by atoms with Crippen LogP contribution in [-0.2, 0) is 11.3 Å². The minimum atomic E-state index is -0.307. The molecule has 2 aromatic carbocycles. The van der Waals surface area contributed by atoms with Crippen molar-refractivity contribution in [3.63, 3.8) is 0 Å². The summed E-state index contributed by atoms with van der Waals surface area (Å²) < 4.78 is 23.6. The fraction of sp³-hybridized carbons (Fsp3) is 0.321. The molecule has 0 bridgehead atoms. The van der Waals surface area contributed by atoms with Crippen LogP contribution in [0.4, 0.5) is 10.2 Å². The second-order valence-corrected chi connectivity index (χ2v) is 10.6. The summed E-state index contributed by atoms with van der Waals surface area (Å²) in [5.74, 6) is 0.733. The lowest BCUT2D eigenvalue weighted by atomic mass is 10.1. The van der Waals surface area contributed by atoms with E-state index < -0.39 is 0 Å². The van der Waals surface area contributed by atoms with E-state index in [1.165, 1.54) is 5.56 Å². The van der Waals surface area contributed by atoms with Gasteiger partial charge < -0.3 is 20.3 Å². The molecule has 1 saturated heterocycles. The number of nitrogens with two attached hydrogens (primary N) is 1. The Morgan fingerprint density at radius 3 is 2.59 bits per heavy atom. The SMILES string of the molecule is CC(CCF)Sc1ccc(-c2cnc(N)c(-c3cc(-c4ccc(CNC5CCOC5)cc4)no3)n2)cc1. The molecule has 3 N–H and O–H groups in total. The summed E-state index contributed by atoms with van der Waals surface area (Å²) in [5, 5.41) is 7.98. The van der Waals surface area contributed by atoms with E-state index in [0.29, 0.717) is 35.3 Å². The number of nitrogen functional groups attached to an aromatic ring is 1. The molecule has 0 aliphatic carbocycles. The summed E-state index contributed by atoms with van der Waals surface area (Å²) in [6.45, 7) is 4.13. The van der Waals surface area contributed by atoms with Gasteiger partial charge in [-0.15, -0.1) is 11.8 Å². The van der Waals surface area contributed by atoms with E-state index in [4.69, 9.17) is 20.0 Å². The predicted molar refractivity (Wildman–Crippen MR) is 145 cm³/mol. The largest absolute Gasteiger partial charge is 0.382 e. The lowest BCUT2D eigenvalue weighted by Gasteiger charge is -2.10. The van der Waals surface area contributed by atoms with Crippen LogP contribution in [0.5, 0.6) is 0 Å². The van der Waals surface area contributed by atoms with Crippen LogP contribution in [0, 0.1) is 0 Å². The first-order valence-electron chi connectivity index (χ1n) is 12.4. The summed E-state index contributed by atoms with van der Waals surface area (Å²) in [5.41, 5.74) is 11.0. The van der Waals surface area contributed by atoms with Gasteiger partial charge in [0.25, 0.3) is 0 Å². The van der Waals surface area contributed by atoms with Crippen LogP contribution in [0.25, 0.3) is 34.0 Å². The minimum absolute atomic E-state index is 0.222. The van der Waals surface area contributed by atoms with Gasteiger partial charge in [-0.05, 0) is 30.5 Å². The van der Waals surface area contributed by atoms with Crippen molar-refractivity contribution in [3.8, 4) is 34.0 Å². The van der Waals surface area contributed by atoms with E-state index in [2.05, 4.69) is 27.6 Å². The first-order chi connectivity index (χ1) is 18.1. The van der Waals surface area contributed by atoms with Gasteiger partial charge in [0.15, 0.2) is 17.3 Å². The Morgan fingerprint density at radius 2 is 1.86 bits per heavy atom. The van der Waals surface area contributed by atoms with E-state index >= 15 is 0 Å². The van der Waals surface area contributed by atoms with Crippen molar-refractivity contribution < 1.29 is 13.7 Å². The Bertz CT molecular complexity index is 1310. The zero-order valence-corrected chi connectivity index (χ0v) is 21.5. The number of thioether (sulfide) groups is 1. The number of alkyl halides is 1. The highest BCUT2D eigenvalue weighted by molar-refractivity contribution is 7.99. The maximum atomic E-state index is 12.6. The van der Waals surface area contributed by atoms with Crippen molar-refractivity contribution in [2.24, 2.45) is 0 Å². The average Bonchev–Trinajstić information content (AvgIpc) is 3.62. The van der Waals surface area contributed by atoms with E-state index in [9.17, 15) is 4.39 Å². The molecule has 3 heterocycles. The number of aromatic nitrogens is 3. The van der Waals surface area contributed by atoms with Crippen molar-refractivity contribution >= 4 is 17.6 Å². The van der Waals surface area contributed by atoms with E-state index in [1.54, 1.807) is 18.0 Å². The molecule has 1 fully saturated rings. The number of anilines is 1. The van der Waals surface area contributed by atoms with E-state index in [0.717, 1.165) is 42.2 Å². The summed E-state index contributed by atoms with van der Waals surface area (Å²) >= 11 is 1.66. The number of nitrogens with zero attached hydrogens (tertiary/aromatic N) is 3. The summed E-state index contributed by atoms with van der Waals surface area (Å²) in [6, 6.07) is 18.5. The van der Waals surface area contributed by atoms with Gasteiger partial charge in [-0.1, -0.05) is 48.5 Å². The topological polar surface area (TPSA) is 99.1 Å². The van der Waals surface area contributed by atoms with Crippen molar-refractivity contribution in [3.05, 3.63) is 66.4 Å². The second kappa shape index (κ2) is 11.9. The third-order valence-electron chi connectivity index (χ3n) is 6.32. The molecule has 37 heavy (non-hydrogen) atoms. The molecule has 192 valence electrons. The highest BCUT2D eigenvalue weighted by atomic mass is 32.2. The third kappa shape index (κ3) is 6.36.